The molecule has 3 atom stereocenters. The van der Waals surface area contributed by atoms with Crippen molar-refractivity contribution in [2.75, 3.05) is 11.4 Å². The molecule has 3 aliphatic rings. The number of carbonyl (C=O) groups excluding carboxylic acids is 1. The van der Waals surface area contributed by atoms with Crippen molar-refractivity contribution in [2.24, 2.45) is 11.7 Å². The number of nitrogens with zero attached hydrogens (tertiary/aromatic N) is 3. The van der Waals surface area contributed by atoms with E-state index < -0.39 is 5.83 Å². The molecule has 1 aliphatic carbocycles. The third-order valence-electron chi connectivity index (χ3n) is 6.08. The Morgan fingerprint density at radius 3 is 3.07 bits per heavy atom. The Balaban J connectivity index is 1.64. The molecule has 2 aliphatic heterocycles. The first-order chi connectivity index (χ1) is 14.0. The molecule has 2 bridgehead atoms. The largest absolute Gasteiger partial charge is 0.402 e. The van der Waals surface area contributed by atoms with Crippen LogP contribution in [0.4, 0.5) is 15.0 Å². The first-order valence-corrected chi connectivity index (χ1v) is 10.1. The van der Waals surface area contributed by atoms with Crippen molar-refractivity contribution in [1.82, 2.24) is 14.9 Å². The van der Waals surface area contributed by atoms with Crippen LogP contribution in [0.2, 0.25) is 0 Å². The lowest BCUT2D eigenvalue weighted by Gasteiger charge is -2.28. The number of nitrogens with two attached hydrogens (primary N) is 1. The average Bonchev–Trinajstić information content (AvgIpc) is 3.12. The SMILES string of the molecule is C[C@@H]1CC2C=C2/C(=C\C(F)=C/N)[C@H]2CCCN2c2ccc3ccn(c3n2)C(=O)N1. The fourth-order valence-electron chi connectivity index (χ4n) is 4.65. The molecule has 0 spiro atoms. The van der Waals surface area contributed by atoms with Gasteiger partial charge in [-0.3, -0.25) is 4.57 Å². The molecule has 0 aromatic carbocycles. The molecule has 3 N–H and O–H groups in total. The molecule has 7 heteroatoms. The quantitative estimate of drug-likeness (QED) is 0.776. The molecule has 0 saturated carbocycles. The number of fused-ring (bicyclic) bond motifs is 4. The molecular formula is C22H24FN5O. The van der Waals surface area contributed by atoms with Gasteiger partial charge in [-0.15, -0.1) is 0 Å². The zero-order chi connectivity index (χ0) is 20.1. The number of hydrogen-bond acceptors (Lipinski definition) is 4. The lowest BCUT2D eigenvalue weighted by atomic mass is 9.96. The van der Waals surface area contributed by atoms with Gasteiger partial charge in [0.15, 0.2) is 5.65 Å². The molecule has 1 saturated heterocycles. The van der Waals surface area contributed by atoms with Gasteiger partial charge in [0.1, 0.15) is 11.6 Å². The fourth-order valence-corrected chi connectivity index (χ4v) is 4.65. The van der Waals surface area contributed by atoms with Gasteiger partial charge in [0, 0.05) is 36.3 Å². The number of halogens is 1. The van der Waals surface area contributed by atoms with E-state index >= 15 is 0 Å². The van der Waals surface area contributed by atoms with Gasteiger partial charge < -0.3 is 16.0 Å². The maximum absolute atomic E-state index is 14.2. The highest BCUT2D eigenvalue weighted by Gasteiger charge is 2.38. The third kappa shape index (κ3) is 3.10. The monoisotopic (exact) mass is 393 g/mol. The Labute approximate surface area is 168 Å². The molecule has 29 heavy (non-hydrogen) atoms. The number of anilines is 1. The predicted octanol–water partition coefficient (Wildman–Crippen LogP) is 3.61. The van der Waals surface area contributed by atoms with Crippen molar-refractivity contribution >= 4 is 22.9 Å². The fraction of sp³-hybridized carbons (Fsp3) is 0.364. The Bertz CT molecular complexity index is 1080. The van der Waals surface area contributed by atoms with Gasteiger partial charge in [0.05, 0.1) is 6.04 Å². The lowest BCUT2D eigenvalue weighted by molar-refractivity contribution is 0.239. The van der Waals surface area contributed by atoms with Gasteiger partial charge >= 0.3 is 6.03 Å². The van der Waals surface area contributed by atoms with Crippen molar-refractivity contribution < 1.29 is 9.18 Å². The molecule has 1 unspecified atom stereocenters. The minimum absolute atomic E-state index is 0.0153. The minimum atomic E-state index is -0.429. The molecule has 6 nitrogen and oxygen atoms in total. The molecule has 0 radical (unpaired) electrons. The Hall–Kier alpha value is -3.09. The minimum Gasteiger partial charge on any atom is -0.402 e. The number of allylic oxidation sites excluding steroid dienone is 3. The third-order valence-corrected chi connectivity index (χ3v) is 6.08. The Morgan fingerprint density at radius 2 is 2.24 bits per heavy atom. The maximum Gasteiger partial charge on any atom is 0.327 e. The summed E-state index contributed by atoms with van der Waals surface area (Å²) in [6, 6.07) is 5.73. The van der Waals surface area contributed by atoms with Crippen LogP contribution in [0.15, 0.2) is 59.7 Å². The van der Waals surface area contributed by atoms with Gasteiger partial charge in [-0.05, 0) is 61.6 Å². The van der Waals surface area contributed by atoms with Crippen LogP contribution in [0.5, 0.6) is 0 Å². The van der Waals surface area contributed by atoms with Gasteiger partial charge in [-0.2, -0.15) is 0 Å². The van der Waals surface area contributed by atoms with Crippen LogP contribution in [0.25, 0.3) is 11.0 Å². The number of pyridine rings is 1. The zero-order valence-corrected chi connectivity index (χ0v) is 16.3. The smallest absolute Gasteiger partial charge is 0.327 e. The van der Waals surface area contributed by atoms with E-state index in [-0.39, 0.29) is 24.0 Å². The van der Waals surface area contributed by atoms with Crippen molar-refractivity contribution in [3.63, 3.8) is 0 Å². The van der Waals surface area contributed by atoms with Crippen LogP contribution in [0.1, 0.15) is 26.2 Å². The number of rotatable bonds is 1. The molecule has 2 aromatic heterocycles. The number of carbonyl (C=O) groups is 1. The first-order valence-electron chi connectivity index (χ1n) is 10.1. The normalized spacial score (nSPS) is 28.3. The van der Waals surface area contributed by atoms with Crippen LogP contribution in [-0.2, 0) is 0 Å². The van der Waals surface area contributed by atoms with E-state index in [4.69, 9.17) is 10.7 Å². The van der Waals surface area contributed by atoms with Crippen molar-refractivity contribution in [3.05, 3.63) is 59.7 Å². The standard InChI is InChI=1S/C22H24FN5O/c1-13-9-15-10-17(15)18(11-16(23)12-24)19-3-2-7-27(19)20-5-4-14-6-8-28(21(14)26-20)22(29)25-13/h4-6,8,10-13,15,19H,2-3,7,9,24H2,1H3,(H,25,29)/b16-12+,18-11+/t13-,15?,19-/m1/s1. The van der Waals surface area contributed by atoms with Gasteiger partial charge in [0.2, 0.25) is 0 Å². The van der Waals surface area contributed by atoms with E-state index in [0.29, 0.717) is 5.65 Å². The highest BCUT2D eigenvalue weighted by molar-refractivity contribution is 5.90. The molecule has 4 heterocycles. The van der Waals surface area contributed by atoms with Crippen LogP contribution in [0.3, 0.4) is 0 Å². The molecule has 150 valence electrons. The van der Waals surface area contributed by atoms with E-state index in [2.05, 4.69) is 16.3 Å². The second-order valence-electron chi connectivity index (χ2n) is 8.09. The van der Waals surface area contributed by atoms with Gasteiger partial charge in [-0.1, -0.05) is 6.08 Å². The van der Waals surface area contributed by atoms with Crippen molar-refractivity contribution in [2.45, 2.75) is 38.3 Å². The lowest BCUT2D eigenvalue weighted by Crippen LogP contribution is -2.36. The second-order valence-corrected chi connectivity index (χ2v) is 8.09. The van der Waals surface area contributed by atoms with Crippen LogP contribution < -0.4 is 16.0 Å². The summed E-state index contributed by atoms with van der Waals surface area (Å²) in [7, 11) is 0. The average molecular weight is 393 g/mol. The Kier molecular flexibility index (Phi) is 4.19. The summed E-state index contributed by atoms with van der Waals surface area (Å²) < 4.78 is 15.7. The van der Waals surface area contributed by atoms with E-state index in [1.54, 1.807) is 16.8 Å². The number of aromatic nitrogens is 2. The summed E-state index contributed by atoms with van der Waals surface area (Å²) in [6.45, 7) is 2.84. The maximum atomic E-state index is 14.2. The second kappa shape index (κ2) is 6.76. The van der Waals surface area contributed by atoms with Gasteiger partial charge in [-0.25, -0.2) is 14.2 Å². The van der Waals surface area contributed by atoms with E-state index in [0.717, 1.165) is 54.4 Å². The summed E-state index contributed by atoms with van der Waals surface area (Å²) in [4.78, 5) is 19.8. The van der Waals surface area contributed by atoms with Crippen LogP contribution >= 0.6 is 0 Å². The highest BCUT2D eigenvalue weighted by atomic mass is 19.1. The summed E-state index contributed by atoms with van der Waals surface area (Å²) in [5.74, 6) is 0.619. The molecule has 2 aromatic rings. The number of nitrogens with one attached hydrogen (secondary N) is 1. The number of hydrogen-bond donors (Lipinski definition) is 2. The first kappa shape index (κ1) is 18.0. The van der Waals surface area contributed by atoms with Crippen molar-refractivity contribution in [1.29, 1.82) is 0 Å². The summed E-state index contributed by atoms with van der Waals surface area (Å²) >= 11 is 0. The summed E-state index contributed by atoms with van der Waals surface area (Å²) in [5, 5.41) is 3.98. The number of amides is 1. The van der Waals surface area contributed by atoms with E-state index in [1.165, 1.54) is 0 Å². The van der Waals surface area contributed by atoms with E-state index in [9.17, 15) is 9.18 Å². The predicted molar refractivity (Wildman–Crippen MR) is 111 cm³/mol. The highest BCUT2D eigenvalue weighted by Crippen LogP contribution is 2.44. The Morgan fingerprint density at radius 1 is 1.38 bits per heavy atom. The van der Waals surface area contributed by atoms with Gasteiger partial charge in [0.25, 0.3) is 0 Å². The summed E-state index contributed by atoms with van der Waals surface area (Å²) in [6.07, 6.45) is 9.22. The summed E-state index contributed by atoms with van der Waals surface area (Å²) in [5.41, 5.74) is 8.18. The van der Waals surface area contributed by atoms with Crippen molar-refractivity contribution in [3.8, 4) is 0 Å². The molecule has 1 fully saturated rings. The molecular weight excluding hydrogens is 369 g/mol. The van der Waals surface area contributed by atoms with Crippen LogP contribution in [0, 0.1) is 5.92 Å². The molecule has 1 amide bonds. The topological polar surface area (TPSA) is 76.2 Å². The zero-order valence-electron chi connectivity index (χ0n) is 16.3. The van der Waals surface area contributed by atoms with Crippen LogP contribution in [-0.4, -0.2) is 34.2 Å². The van der Waals surface area contributed by atoms with E-state index in [1.807, 2.05) is 25.1 Å². The molecule has 5 rings (SSSR count).